The summed E-state index contributed by atoms with van der Waals surface area (Å²) in [5.74, 6) is -2.44. The quantitative estimate of drug-likeness (QED) is 0.442. The predicted molar refractivity (Wildman–Crippen MR) is 90.4 cm³/mol. The van der Waals surface area contributed by atoms with E-state index in [1.807, 2.05) is 13.8 Å². The first kappa shape index (κ1) is 20.9. The van der Waals surface area contributed by atoms with E-state index in [1.165, 1.54) is 4.90 Å². The molecule has 0 aromatic carbocycles. The maximum absolute atomic E-state index is 12.6. The highest BCUT2D eigenvalue weighted by Gasteiger charge is 2.36. The van der Waals surface area contributed by atoms with E-state index in [2.05, 4.69) is 10.6 Å². The van der Waals surface area contributed by atoms with Gasteiger partial charge in [-0.25, -0.2) is 0 Å². The number of carboxylic acids is 1. The van der Waals surface area contributed by atoms with Crippen molar-refractivity contribution in [2.45, 2.75) is 58.2 Å². The largest absolute Gasteiger partial charge is 0.480 e. The van der Waals surface area contributed by atoms with Crippen molar-refractivity contribution in [1.82, 2.24) is 15.5 Å². The van der Waals surface area contributed by atoms with E-state index in [4.69, 9.17) is 10.8 Å². The molecular weight excluding hydrogens is 328 g/mol. The van der Waals surface area contributed by atoms with Crippen molar-refractivity contribution in [2.75, 3.05) is 13.1 Å². The minimum absolute atomic E-state index is 0.0105. The van der Waals surface area contributed by atoms with Crippen LogP contribution in [0, 0.1) is 5.92 Å². The zero-order valence-electron chi connectivity index (χ0n) is 14.9. The fraction of sp³-hybridized carbons (Fsp3) is 0.750. The topological polar surface area (TPSA) is 142 Å². The van der Waals surface area contributed by atoms with Crippen LogP contribution in [0.1, 0.15) is 40.0 Å². The van der Waals surface area contributed by atoms with Gasteiger partial charge in [0.05, 0.1) is 6.04 Å². The Morgan fingerprint density at radius 3 is 2.48 bits per heavy atom. The molecule has 0 bridgehead atoms. The number of nitrogens with one attached hydrogen (secondary N) is 2. The molecule has 0 aromatic rings. The molecule has 9 heteroatoms. The summed E-state index contributed by atoms with van der Waals surface area (Å²) in [5.41, 5.74) is 5.86. The molecule has 0 aliphatic carbocycles. The monoisotopic (exact) mass is 356 g/mol. The number of hydrogen-bond acceptors (Lipinski definition) is 5. The molecule has 1 rings (SSSR count). The second kappa shape index (κ2) is 9.36. The number of carboxylic acid groups (broad SMARTS) is 1. The molecule has 5 N–H and O–H groups in total. The van der Waals surface area contributed by atoms with Gasteiger partial charge in [0.15, 0.2) is 0 Å². The summed E-state index contributed by atoms with van der Waals surface area (Å²) in [4.78, 5) is 48.7. The average Bonchev–Trinajstić information content (AvgIpc) is 3.06. The van der Waals surface area contributed by atoms with Gasteiger partial charge in [0.1, 0.15) is 18.6 Å². The molecule has 0 radical (unpaired) electrons. The van der Waals surface area contributed by atoms with E-state index in [1.54, 1.807) is 6.92 Å². The Kier molecular flexibility index (Phi) is 7.82. The molecular formula is C16H28N4O5. The van der Waals surface area contributed by atoms with Crippen LogP contribution in [0.15, 0.2) is 0 Å². The Bertz CT molecular complexity index is 525. The average molecular weight is 356 g/mol. The van der Waals surface area contributed by atoms with Crippen LogP contribution in [0.3, 0.4) is 0 Å². The summed E-state index contributed by atoms with van der Waals surface area (Å²) in [5, 5.41) is 13.5. The van der Waals surface area contributed by atoms with E-state index in [0.717, 1.165) is 6.42 Å². The molecule has 0 spiro atoms. The highest BCUT2D eigenvalue weighted by Crippen LogP contribution is 2.18. The number of nitrogens with zero attached hydrogens (tertiary/aromatic N) is 1. The normalized spacial score (nSPS) is 20.5. The van der Waals surface area contributed by atoms with E-state index in [9.17, 15) is 19.2 Å². The number of carbonyl (C=O) groups is 4. The van der Waals surface area contributed by atoms with Crippen molar-refractivity contribution in [2.24, 2.45) is 11.7 Å². The van der Waals surface area contributed by atoms with Crippen LogP contribution in [0.2, 0.25) is 0 Å². The van der Waals surface area contributed by atoms with Gasteiger partial charge in [-0.2, -0.15) is 0 Å². The first-order valence-corrected chi connectivity index (χ1v) is 8.54. The smallest absolute Gasteiger partial charge is 0.322 e. The van der Waals surface area contributed by atoms with Crippen LogP contribution in [-0.4, -0.2) is 64.9 Å². The minimum atomic E-state index is -1.15. The molecule has 1 fully saturated rings. The number of nitrogens with two attached hydrogens (primary N) is 1. The van der Waals surface area contributed by atoms with Gasteiger partial charge in [-0.15, -0.1) is 0 Å². The first-order valence-electron chi connectivity index (χ1n) is 8.54. The lowest BCUT2D eigenvalue weighted by atomic mass is 9.99. The molecule has 142 valence electrons. The van der Waals surface area contributed by atoms with Crippen molar-refractivity contribution in [3.63, 3.8) is 0 Å². The van der Waals surface area contributed by atoms with E-state index < -0.39 is 42.5 Å². The summed E-state index contributed by atoms with van der Waals surface area (Å²) < 4.78 is 0. The lowest BCUT2D eigenvalue weighted by Gasteiger charge is -2.28. The second-order valence-electron chi connectivity index (χ2n) is 6.44. The van der Waals surface area contributed by atoms with Crippen LogP contribution < -0.4 is 16.4 Å². The van der Waals surface area contributed by atoms with Gasteiger partial charge in [0.2, 0.25) is 17.7 Å². The van der Waals surface area contributed by atoms with E-state index in [0.29, 0.717) is 19.4 Å². The van der Waals surface area contributed by atoms with E-state index in [-0.39, 0.29) is 11.8 Å². The number of carbonyl (C=O) groups excluding carboxylic acids is 3. The lowest BCUT2D eigenvalue weighted by molar-refractivity contribution is -0.142. The van der Waals surface area contributed by atoms with Crippen LogP contribution in [-0.2, 0) is 19.2 Å². The highest BCUT2D eigenvalue weighted by molar-refractivity contribution is 5.93. The minimum Gasteiger partial charge on any atom is -0.480 e. The number of aliphatic carboxylic acids is 1. The Labute approximate surface area is 147 Å². The molecule has 1 aliphatic rings. The van der Waals surface area contributed by atoms with Crippen LogP contribution in [0.4, 0.5) is 0 Å². The molecule has 25 heavy (non-hydrogen) atoms. The fourth-order valence-electron chi connectivity index (χ4n) is 2.72. The number of hydrogen-bond donors (Lipinski definition) is 4. The van der Waals surface area contributed by atoms with Gasteiger partial charge in [0, 0.05) is 6.54 Å². The fourth-order valence-corrected chi connectivity index (χ4v) is 2.72. The Morgan fingerprint density at radius 2 is 1.92 bits per heavy atom. The van der Waals surface area contributed by atoms with Crippen molar-refractivity contribution in [3.8, 4) is 0 Å². The van der Waals surface area contributed by atoms with Crippen molar-refractivity contribution >= 4 is 23.7 Å². The van der Waals surface area contributed by atoms with E-state index >= 15 is 0 Å². The summed E-state index contributed by atoms with van der Waals surface area (Å²) >= 11 is 0. The Morgan fingerprint density at radius 1 is 1.28 bits per heavy atom. The zero-order chi connectivity index (χ0) is 19.1. The number of amides is 3. The molecule has 1 aliphatic heterocycles. The summed E-state index contributed by atoms with van der Waals surface area (Å²) in [6.07, 6.45) is 1.85. The standard InChI is InChI=1S/C16H28N4O5/c1-4-9(2)13(17)15(24)19-10(3)16(25)20-7-5-6-11(20)14(23)18-8-12(21)22/h9-11,13H,4-8,17H2,1-3H3,(H,18,23)(H,19,24)(H,21,22)/t9-,10-,11-,13-/m0/s1. The lowest BCUT2D eigenvalue weighted by Crippen LogP contribution is -2.55. The summed E-state index contributed by atoms with van der Waals surface area (Å²) in [6, 6.07) is -2.22. The van der Waals surface area contributed by atoms with Gasteiger partial charge in [-0.1, -0.05) is 20.3 Å². The molecule has 1 saturated heterocycles. The number of likely N-dealkylation sites (tertiary alicyclic amines) is 1. The maximum atomic E-state index is 12.6. The summed E-state index contributed by atoms with van der Waals surface area (Å²) in [6.45, 7) is 5.24. The first-order chi connectivity index (χ1) is 11.7. The highest BCUT2D eigenvalue weighted by atomic mass is 16.4. The van der Waals surface area contributed by atoms with Gasteiger partial charge in [-0.05, 0) is 25.7 Å². The third-order valence-electron chi connectivity index (χ3n) is 4.54. The molecule has 3 amide bonds. The van der Waals surface area contributed by atoms with Gasteiger partial charge < -0.3 is 26.4 Å². The molecule has 0 saturated carbocycles. The molecule has 0 unspecified atom stereocenters. The molecule has 1 heterocycles. The SMILES string of the molecule is CC[C@H](C)[C@H](N)C(=O)N[C@@H](C)C(=O)N1CCC[C@H]1C(=O)NCC(=O)O. The molecule has 9 nitrogen and oxygen atoms in total. The Balaban J connectivity index is 2.65. The van der Waals surface area contributed by atoms with Crippen molar-refractivity contribution in [1.29, 1.82) is 0 Å². The maximum Gasteiger partial charge on any atom is 0.322 e. The molecule has 4 atom stereocenters. The van der Waals surface area contributed by atoms with Crippen LogP contribution in [0.5, 0.6) is 0 Å². The van der Waals surface area contributed by atoms with Gasteiger partial charge >= 0.3 is 5.97 Å². The van der Waals surface area contributed by atoms with Gasteiger partial charge in [-0.3, -0.25) is 19.2 Å². The third-order valence-corrected chi connectivity index (χ3v) is 4.54. The molecule has 0 aromatic heterocycles. The second-order valence-corrected chi connectivity index (χ2v) is 6.44. The van der Waals surface area contributed by atoms with Crippen molar-refractivity contribution < 1.29 is 24.3 Å². The predicted octanol–water partition coefficient (Wildman–Crippen LogP) is -0.944. The van der Waals surface area contributed by atoms with Crippen molar-refractivity contribution in [3.05, 3.63) is 0 Å². The van der Waals surface area contributed by atoms with Crippen LogP contribution in [0.25, 0.3) is 0 Å². The zero-order valence-corrected chi connectivity index (χ0v) is 14.9. The van der Waals surface area contributed by atoms with Gasteiger partial charge in [0.25, 0.3) is 0 Å². The van der Waals surface area contributed by atoms with Crippen LogP contribution >= 0.6 is 0 Å². The third kappa shape index (κ3) is 5.70. The Hall–Kier alpha value is -2.16. The number of rotatable bonds is 8. The summed E-state index contributed by atoms with van der Waals surface area (Å²) in [7, 11) is 0.